The Kier molecular flexibility index (Phi) is 5.00. The lowest BCUT2D eigenvalue weighted by Crippen LogP contribution is -2.62. The van der Waals surface area contributed by atoms with Gasteiger partial charge >= 0.3 is 0 Å². The zero-order valence-corrected chi connectivity index (χ0v) is 13.7. The van der Waals surface area contributed by atoms with Gasteiger partial charge in [0, 0.05) is 18.1 Å². The molecule has 0 rings (SSSR count). The van der Waals surface area contributed by atoms with Crippen LogP contribution in [0.2, 0.25) is 0 Å². The molecule has 0 aliphatic rings. The van der Waals surface area contributed by atoms with E-state index in [-0.39, 0.29) is 17.0 Å². The van der Waals surface area contributed by atoms with Gasteiger partial charge in [-0.2, -0.15) is 0 Å². The monoisotopic (exact) mass is 258 g/mol. The van der Waals surface area contributed by atoms with Crippen LogP contribution in [0, 0.1) is 5.41 Å². The molecule has 108 valence electrons. The molecule has 0 aromatic heterocycles. The zero-order chi connectivity index (χ0) is 14.9. The Hall–Kier alpha value is -0.610. The number of rotatable bonds is 4. The van der Waals surface area contributed by atoms with Gasteiger partial charge in [0.2, 0.25) is 0 Å². The molecule has 0 heterocycles. The highest BCUT2D eigenvalue weighted by Crippen LogP contribution is 2.39. The minimum absolute atomic E-state index is 0.00725. The van der Waals surface area contributed by atoms with Crippen LogP contribution in [-0.2, 0) is 9.63 Å². The molecule has 0 saturated heterocycles. The fourth-order valence-electron chi connectivity index (χ4n) is 2.00. The van der Waals surface area contributed by atoms with Gasteiger partial charge in [0.1, 0.15) is 0 Å². The molecule has 1 amide bonds. The number of carbonyl (C=O) groups is 1. The summed E-state index contributed by atoms with van der Waals surface area (Å²) in [5, 5.41) is 1.30. The van der Waals surface area contributed by atoms with E-state index in [0.717, 1.165) is 0 Å². The third kappa shape index (κ3) is 3.04. The van der Waals surface area contributed by atoms with Crippen molar-refractivity contribution in [1.29, 1.82) is 0 Å². The summed E-state index contributed by atoms with van der Waals surface area (Å²) in [5.74, 6) is -0.0221. The standard InChI is InChI=1S/C14H30N2O2/c1-12(2,3)16(9)14(6,7)13(4,5)11(17)15(8)18-10/h1-10H3. The third-order valence-corrected chi connectivity index (χ3v) is 4.47. The summed E-state index contributed by atoms with van der Waals surface area (Å²) < 4.78 is 0. The molecule has 18 heavy (non-hydrogen) atoms. The third-order valence-electron chi connectivity index (χ3n) is 4.47. The van der Waals surface area contributed by atoms with Crippen molar-refractivity contribution in [2.24, 2.45) is 5.41 Å². The second kappa shape index (κ2) is 5.17. The molecule has 0 saturated carbocycles. The van der Waals surface area contributed by atoms with Crippen LogP contribution in [0.1, 0.15) is 48.5 Å². The van der Waals surface area contributed by atoms with Crippen LogP contribution >= 0.6 is 0 Å². The number of amides is 1. The van der Waals surface area contributed by atoms with E-state index in [0.29, 0.717) is 0 Å². The molecule has 0 unspecified atom stereocenters. The largest absolute Gasteiger partial charge is 0.295 e. The highest BCUT2D eigenvalue weighted by molar-refractivity contribution is 5.82. The zero-order valence-electron chi connectivity index (χ0n) is 13.7. The van der Waals surface area contributed by atoms with E-state index in [4.69, 9.17) is 4.84 Å². The van der Waals surface area contributed by atoms with E-state index in [1.165, 1.54) is 12.2 Å². The summed E-state index contributed by atoms with van der Waals surface area (Å²) in [4.78, 5) is 19.7. The molecule has 0 radical (unpaired) electrons. The summed E-state index contributed by atoms with van der Waals surface area (Å²) in [5.41, 5.74) is -0.860. The van der Waals surface area contributed by atoms with Crippen molar-refractivity contribution in [1.82, 2.24) is 9.96 Å². The predicted octanol–water partition coefficient (Wildman–Crippen LogP) is 2.54. The van der Waals surface area contributed by atoms with Gasteiger partial charge in [0.15, 0.2) is 0 Å². The molecule has 4 nitrogen and oxygen atoms in total. The number of carbonyl (C=O) groups excluding carboxylic acids is 1. The number of hydrogen-bond acceptors (Lipinski definition) is 3. The molecule has 4 heteroatoms. The van der Waals surface area contributed by atoms with E-state index in [2.05, 4.69) is 46.6 Å². The van der Waals surface area contributed by atoms with Crippen LogP contribution in [0.4, 0.5) is 0 Å². The van der Waals surface area contributed by atoms with Crippen molar-refractivity contribution in [3.05, 3.63) is 0 Å². The van der Waals surface area contributed by atoms with Gasteiger partial charge in [-0.1, -0.05) is 0 Å². The second-order valence-electron chi connectivity index (χ2n) is 6.90. The molecular weight excluding hydrogens is 228 g/mol. The lowest BCUT2D eigenvalue weighted by atomic mass is 9.71. The van der Waals surface area contributed by atoms with Crippen LogP contribution in [0.15, 0.2) is 0 Å². The van der Waals surface area contributed by atoms with Crippen molar-refractivity contribution in [2.45, 2.75) is 59.5 Å². The maximum absolute atomic E-state index is 12.4. The van der Waals surface area contributed by atoms with Crippen molar-refractivity contribution in [3.63, 3.8) is 0 Å². The summed E-state index contributed by atoms with van der Waals surface area (Å²) >= 11 is 0. The summed E-state index contributed by atoms with van der Waals surface area (Å²) in [6.45, 7) is 14.6. The molecule has 0 aliphatic carbocycles. The second-order valence-corrected chi connectivity index (χ2v) is 6.90. The quantitative estimate of drug-likeness (QED) is 0.727. The van der Waals surface area contributed by atoms with Gasteiger partial charge in [-0.15, -0.1) is 0 Å². The summed E-state index contributed by atoms with van der Waals surface area (Å²) in [7, 11) is 5.22. The van der Waals surface area contributed by atoms with Crippen molar-refractivity contribution < 1.29 is 9.63 Å². The van der Waals surface area contributed by atoms with Gasteiger partial charge in [-0.05, 0) is 55.5 Å². The van der Waals surface area contributed by atoms with Gasteiger partial charge in [-0.3, -0.25) is 14.5 Å². The molecule has 0 aliphatic heterocycles. The molecule has 0 spiro atoms. The number of nitrogens with zero attached hydrogens (tertiary/aromatic N) is 2. The first-order valence-corrected chi connectivity index (χ1v) is 6.36. The fourth-order valence-corrected chi connectivity index (χ4v) is 2.00. The average Bonchev–Trinajstić information content (AvgIpc) is 2.24. The Balaban J connectivity index is 5.38. The Morgan fingerprint density at radius 2 is 1.33 bits per heavy atom. The van der Waals surface area contributed by atoms with Crippen LogP contribution in [0.3, 0.4) is 0 Å². The predicted molar refractivity (Wildman–Crippen MR) is 75.2 cm³/mol. The minimum Gasteiger partial charge on any atom is -0.295 e. The van der Waals surface area contributed by atoms with Gasteiger partial charge in [0.05, 0.1) is 12.5 Å². The first kappa shape index (κ1) is 17.4. The number of hydroxylamine groups is 2. The van der Waals surface area contributed by atoms with Crippen molar-refractivity contribution >= 4 is 5.91 Å². The Morgan fingerprint density at radius 1 is 0.944 bits per heavy atom. The Labute approximate surface area is 112 Å². The topological polar surface area (TPSA) is 32.8 Å². The van der Waals surface area contributed by atoms with Crippen LogP contribution < -0.4 is 0 Å². The summed E-state index contributed by atoms with van der Waals surface area (Å²) in [6, 6.07) is 0. The first-order chi connectivity index (χ1) is 7.80. The van der Waals surface area contributed by atoms with E-state index < -0.39 is 5.41 Å². The van der Waals surface area contributed by atoms with Crippen molar-refractivity contribution in [3.8, 4) is 0 Å². The van der Waals surface area contributed by atoms with E-state index in [1.54, 1.807) is 7.05 Å². The average molecular weight is 258 g/mol. The normalized spacial score (nSPS) is 13.9. The van der Waals surface area contributed by atoms with Gasteiger partial charge in [-0.25, -0.2) is 5.06 Å². The highest BCUT2D eigenvalue weighted by Gasteiger charge is 2.49. The Morgan fingerprint density at radius 3 is 1.61 bits per heavy atom. The fraction of sp³-hybridized carbons (Fsp3) is 0.929. The first-order valence-electron chi connectivity index (χ1n) is 6.36. The highest BCUT2D eigenvalue weighted by atomic mass is 16.7. The van der Waals surface area contributed by atoms with Crippen LogP contribution in [0.5, 0.6) is 0 Å². The summed E-state index contributed by atoms with van der Waals surface area (Å²) in [6.07, 6.45) is 0. The lowest BCUT2D eigenvalue weighted by Gasteiger charge is -2.52. The number of hydrogen-bond donors (Lipinski definition) is 0. The van der Waals surface area contributed by atoms with Gasteiger partial charge < -0.3 is 0 Å². The SMILES string of the molecule is CON(C)C(=O)C(C)(C)C(C)(C)N(C)C(C)(C)C. The van der Waals surface area contributed by atoms with E-state index in [1.807, 2.05) is 13.8 Å². The van der Waals surface area contributed by atoms with E-state index in [9.17, 15) is 4.79 Å². The molecule has 0 aromatic rings. The Bertz CT molecular complexity index is 303. The lowest BCUT2D eigenvalue weighted by molar-refractivity contribution is -0.187. The maximum Gasteiger partial charge on any atom is 0.253 e. The van der Waals surface area contributed by atoms with Crippen LogP contribution in [0.25, 0.3) is 0 Å². The molecule has 0 bridgehead atoms. The molecule has 0 fully saturated rings. The molecular formula is C14H30N2O2. The van der Waals surface area contributed by atoms with Gasteiger partial charge in [0.25, 0.3) is 5.91 Å². The molecule has 0 aromatic carbocycles. The molecule has 0 N–H and O–H groups in total. The van der Waals surface area contributed by atoms with Crippen molar-refractivity contribution in [2.75, 3.05) is 21.2 Å². The molecule has 0 atom stereocenters. The van der Waals surface area contributed by atoms with Crippen LogP contribution in [-0.4, -0.2) is 48.2 Å². The smallest absolute Gasteiger partial charge is 0.253 e. The van der Waals surface area contributed by atoms with E-state index >= 15 is 0 Å². The minimum atomic E-state index is -0.556. The maximum atomic E-state index is 12.4.